The van der Waals surface area contributed by atoms with Crippen molar-refractivity contribution >= 4 is 11.9 Å². The van der Waals surface area contributed by atoms with Crippen LogP contribution in [0.2, 0.25) is 0 Å². The maximum absolute atomic E-state index is 11.4. The number of anilines is 1. The molecule has 15 heavy (non-hydrogen) atoms. The molecular formula is C10H15N3O2. The summed E-state index contributed by atoms with van der Waals surface area (Å²) in [5.74, 6) is 0.563. The van der Waals surface area contributed by atoms with Gasteiger partial charge in [-0.2, -0.15) is 0 Å². The lowest BCUT2D eigenvalue weighted by Gasteiger charge is -2.05. The number of carbonyl (C=O) groups excluding carboxylic acids is 1. The average molecular weight is 209 g/mol. The topological polar surface area (TPSA) is 74.8 Å². The summed E-state index contributed by atoms with van der Waals surface area (Å²) in [5.41, 5.74) is -0.274. The van der Waals surface area contributed by atoms with Gasteiger partial charge in [0.25, 0.3) is 5.56 Å². The maximum Gasteiger partial charge on any atom is 0.252 e. The highest BCUT2D eigenvalue weighted by Gasteiger charge is 2.04. The summed E-state index contributed by atoms with van der Waals surface area (Å²) in [7, 11) is 0. The minimum atomic E-state index is -0.274. The molecule has 0 atom stereocenters. The highest BCUT2D eigenvalue weighted by atomic mass is 16.2. The molecule has 0 aliphatic carbocycles. The molecule has 1 aromatic heterocycles. The van der Waals surface area contributed by atoms with Gasteiger partial charge in [-0.1, -0.05) is 13.8 Å². The molecule has 0 unspecified atom stereocenters. The van der Waals surface area contributed by atoms with Gasteiger partial charge in [-0.3, -0.25) is 19.9 Å². The molecule has 0 aliphatic rings. The van der Waals surface area contributed by atoms with Crippen LogP contribution >= 0.6 is 0 Å². The molecule has 1 amide bonds. The number of nitrogens with one attached hydrogen (secondary N) is 2. The third-order valence-electron chi connectivity index (χ3n) is 1.88. The normalized spacial score (nSPS) is 10.3. The van der Waals surface area contributed by atoms with Crippen molar-refractivity contribution in [3.63, 3.8) is 0 Å². The Bertz CT molecular complexity index is 384. The Kier molecular flexibility index (Phi) is 4.03. The van der Waals surface area contributed by atoms with E-state index in [1.807, 2.05) is 0 Å². The van der Waals surface area contributed by atoms with E-state index in [2.05, 4.69) is 29.1 Å². The lowest BCUT2D eigenvalue weighted by Crippen LogP contribution is -2.17. The van der Waals surface area contributed by atoms with E-state index in [9.17, 15) is 9.59 Å². The molecule has 5 heteroatoms. The van der Waals surface area contributed by atoms with Crippen LogP contribution in [0.15, 0.2) is 17.1 Å². The molecule has 0 fully saturated rings. The molecule has 0 radical (unpaired) electrons. The number of hydrogen-bond donors (Lipinski definition) is 2. The zero-order valence-corrected chi connectivity index (χ0v) is 8.91. The number of aromatic nitrogens is 2. The fourth-order valence-electron chi connectivity index (χ4n) is 1.05. The number of rotatable bonds is 4. The van der Waals surface area contributed by atoms with Crippen LogP contribution in [0.25, 0.3) is 0 Å². The summed E-state index contributed by atoms with van der Waals surface area (Å²) >= 11 is 0. The molecule has 2 N–H and O–H groups in total. The molecule has 0 saturated heterocycles. The van der Waals surface area contributed by atoms with Crippen LogP contribution in [0.4, 0.5) is 5.95 Å². The number of carbonyl (C=O) groups is 1. The standard InChI is InChI=1S/C10H15N3O2/c1-7(2)3-4-8(14)12-10-11-6-5-9(15)13-10/h5-7H,3-4H2,1-2H3,(H2,11,12,13,14,15). The van der Waals surface area contributed by atoms with Crippen molar-refractivity contribution in [1.82, 2.24) is 9.97 Å². The molecule has 82 valence electrons. The fourth-order valence-corrected chi connectivity index (χ4v) is 1.05. The highest BCUT2D eigenvalue weighted by molar-refractivity contribution is 5.88. The van der Waals surface area contributed by atoms with Crippen LogP contribution in [0, 0.1) is 5.92 Å². The summed E-state index contributed by atoms with van der Waals surface area (Å²) in [6.07, 6.45) is 2.62. The first kappa shape index (κ1) is 11.4. The van der Waals surface area contributed by atoms with Gasteiger partial charge in [0.05, 0.1) is 0 Å². The van der Waals surface area contributed by atoms with Gasteiger partial charge in [0.15, 0.2) is 0 Å². The van der Waals surface area contributed by atoms with E-state index >= 15 is 0 Å². The van der Waals surface area contributed by atoms with Crippen molar-refractivity contribution < 1.29 is 4.79 Å². The summed E-state index contributed by atoms with van der Waals surface area (Å²) in [6.45, 7) is 4.10. The SMILES string of the molecule is CC(C)CCC(=O)Nc1nccc(=O)[nH]1. The number of H-pyrrole nitrogens is 1. The van der Waals surface area contributed by atoms with Crippen molar-refractivity contribution in [3.05, 3.63) is 22.6 Å². The van der Waals surface area contributed by atoms with Crippen LogP contribution in [-0.2, 0) is 4.79 Å². The molecule has 0 aromatic carbocycles. The van der Waals surface area contributed by atoms with E-state index in [4.69, 9.17) is 0 Å². The van der Waals surface area contributed by atoms with Crippen LogP contribution in [-0.4, -0.2) is 15.9 Å². The van der Waals surface area contributed by atoms with Gasteiger partial charge in [-0.05, 0) is 12.3 Å². The molecule has 1 heterocycles. The largest absolute Gasteiger partial charge is 0.296 e. The summed E-state index contributed by atoms with van der Waals surface area (Å²) in [6, 6.07) is 1.30. The molecule has 5 nitrogen and oxygen atoms in total. The molecule has 1 rings (SSSR count). The van der Waals surface area contributed by atoms with Crippen LogP contribution in [0.3, 0.4) is 0 Å². The highest BCUT2D eigenvalue weighted by Crippen LogP contribution is 2.04. The van der Waals surface area contributed by atoms with Crippen LogP contribution in [0.5, 0.6) is 0 Å². The Morgan fingerprint density at radius 2 is 2.33 bits per heavy atom. The Labute approximate surface area is 87.9 Å². The monoisotopic (exact) mass is 209 g/mol. The van der Waals surface area contributed by atoms with Gasteiger partial charge in [-0.25, -0.2) is 4.98 Å². The fraction of sp³-hybridized carbons (Fsp3) is 0.500. The average Bonchev–Trinajstić information content (AvgIpc) is 2.15. The first-order valence-corrected chi connectivity index (χ1v) is 4.93. The Hall–Kier alpha value is -1.65. The Morgan fingerprint density at radius 1 is 1.60 bits per heavy atom. The summed E-state index contributed by atoms with van der Waals surface area (Å²) in [5, 5.41) is 2.53. The minimum absolute atomic E-state index is 0.127. The predicted molar refractivity (Wildman–Crippen MR) is 57.6 cm³/mol. The van der Waals surface area contributed by atoms with Crippen molar-refractivity contribution in [2.45, 2.75) is 26.7 Å². The second kappa shape index (κ2) is 5.29. The van der Waals surface area contributed by atoms with Crippen molar-refractivity contribution in [2.75, 3.05) is 5.32 Å². The van der Waals surface area contributed by atoms with Gasteiger partial charge >= 0.3 is 0 Å². The van der Waals surface area contributed by atoms with Gasteiger partial charge in [0.2, 0.25) is 11.9 Å². The summed E-state index contributed by atoms with van der Waals surface area (Å²) in [4.78, 5) is 28.5. The number of nitrogens with zero attached hydrogens (tertiary/aromatic N) is 1. The van der Waals surface area contributed by atoms with E-state index in [0.29, 0.717) is 12.3 Å². The van der Waals surface area contributed by atoms with E-state index in [1.165, 1.54) is 12.3 Å². The first-order valence-electron chi connectivity index (χ1n) is 4.93. The van der Waals surface area contributed by atoms with Crippen molar-refractivity contribution in [3.8, 4) is 0 Å². The lowest BCUT2D eigenvalue weighted by atomic mass is 10.1. The van der Waals surface area contributed by atoms with Gasteiger partial charge in [0.1, 0.15) is 0 Å². The van der Waals surface area contributed by atoms with Gasteiger partial charge in [-0.15, -0.1) is 0 Å². The van der Waals surface area contributed by atoms with E-state index in [1.54, 1.807) is 0 Å². The van der Waals surface area contributed by atoms with Crippen LogP contribution in [0.1, 0.15) is 26.7 Å². The third-order valence-corrected chi connectivity index (χ3v) is 1.88. The van der Waals surface area contributed by atoms with Gasteiger partial charge in [0, 0.05) is 18.7 Å². The Morgan fingerprint density at radius 3 is 2.93 bits per heavy atom. The van der Waals surface area contributed by atoms with E-state index in [-0.39, 0.29) is 17.4 Å². The van der Waals surface area contributed by atoms with Gasteiger partial charge < -0.3 is 0 Å². The lowest BCUT2D eigenvalue weighted by molar-refractivity contribution is -0.116. The molecule has 0 saturated carbocycles. The number of amides is 1. The van der Waals surface area contributed by atoms with E-state index in [0.717, 1.165) is 6.42 Å². The number of hydrogen-bond acceptors (Lipinski definition) is 3. The minimum Gasteiger partial charge on any atom is -0.296 e. The maximum atomic E-state index is 11.4. The second-order valence-corrected chi connectivity index (χ2v) is 3.76. The van der Waals surface area contributed by atoms with Crippen molar-refractivity contribution in [2.24, 2.45) is 5.92 Å². The zero-order chi connectivity index (χ0) is 11.3. The second-order valence-electron chi connectivity index (χ2n) is 3.76. The van der Waals surface area contributed by atoms with Crippen molar-refractivity contribution in [1.29, 1.82) is 0 Å². The third kappa shape index (κ3) is 4.39. The molecule has 0 aliphatic heterocycles. The zero-order valence-electron chi connectivity index (χ0n) is 8.91. The molecule has 0 spiro atoms. The first-order chi connectivity index (χ1) is 7.08. The smallest absolute Gasteiger partial charge is 0.252 e. The van der Waals surface area contributed by atoms with E-state index < -0.39 is 0 Å². The van der Waals surface area contributed by atoms with Crippen LogP contribution < -0.4 is 10.9 Å². The predicted octanol–water partition coefficient (Wildman–Crippen LogP) is 1.14. The molecule has 0 bridgehead atoms. The Balaban J connectivity index is 2.48. The number of aromatic amines is 1. The quantitative estimate of drug-likeness (QED) is 0.781. The molecular weight excluding hydrogens is 194 g/mol. The molecule has 1 aromatic rings. The summed E-state index contributed by atoms with van der Waals surface area (Å²) < 4.78 is 0.